The fourth-order valence-electron chi connectivity index (χ4n) is 1.74. The zero-order valence-electron chi connectivity index (χ0n) is 6.30. The van der Waals surface area contributed by atoms with Crippen LogP contribution in [-0.4, -0.2) is 22.9 Å². The van der Waals surface area contributed by atoms with Crippen molar-refractivity contribution in [1.29, 1.82) is 0 Å². The van der Waals surface area contributed by atoms with E-state index in [9.17, 15) is 8.78 Å². The smallest absolute Gasteiger partial charge is 0.207 e. The van der Waals surface area contributed by atoms with Crippen molar-refractivity contribution >= 4 is 0 Å². The zero-order valence-corrected chi connectivity index (χ0v) is 6.30. The van der Waals surface area contributed by atoms with Crippen LogP contribution in [0.25, 0.3) is 0 Å². The van der Waals surface area contributed by atoms with Gasteiger partial charge in [-0.2, -0.15) is 0 Å². The molecule has 2 nitrogen and oxygen atoms in total. The zero-order chi connectivity index (χ0) is 8.65. The summed E-state index contributed by atoms with van der Waals surface area (Å²) in [6.07, 6.45) is -4.08. The molecule has 1 rings (SSSR count). The topological polar surface area (TPSA) is 40.5 Å². The molecule has 0 heterocycles. The van der Waals surface area contributed by atoms with Gasteiger partial charge in [-0.25, -0.2) is 8.78 Å². The highest BCUT2D eigenvalue weighted by Gasteiger charge is 2.54. The van der Waals surface area contributed by atoms with Crippen LogP contribution in [-0.2, 0) is 0 Å². The first kappa shape index (κ1) is 8.87. The fraction of sp³-hybridized carbons (Fsp3) is 1.00. The molecule has 2 atom stereocenters. The Morgan fingerprint density at radius 3 is 1.73 bits per heavy atom. The Hall–Kier alpha value is -0.220. The molecule has 0 saturated heterocycles. The van der Waals surface area contributed by atoms with E-state index < -0.39 is 18.1 Å². The largest absolute Gasteiger partial charge is 0.363 e. The van der Waals surface area contributed by atoms with Gasteiger partial charge in [0.15, 0.2) is 0 Å². The van der Waals surface area contributed by atoms with E-state index in [0.29, 0.717) is 0 Å². The number of halogens is 2. The second-order valence-electron chi connectivity index (χ2n) is 3.42. The van der Waals surface area contributed by atoms with Crippen molar-refractivity contribution in [3.05, 3.63) is 0 Å². The Morgan fingerprint density at radius 2 is 1.64 bits per heavy atom. The lowest BCUT2D eigenvalue weighted by molar-refractivity contribution is -0.227. The van der Waals surface area contributed by atoms with Crippen molar-refractivity contribution < 1.29 is 19.0 Å². The van der Waals surface area contributed by atoms with Crippen LogP contribution in [0.5, 0.6) is 0 Å². The van der Waals surface area contributed by atoms with Crippen LogP contribution in [0.3, 0.4) is 0 Å². The lowest BCUT2D eigenvalue weighted by Gasteiger charge is -2.46. The van der Waals surface area contributed by atoms with E-state index in [-0.39, 0.29) is 18.8 Å². The van der Waals surface area contributed by atoms with Gasteiger partial charge in [0.05, 0.1) is 5.41 Å². The lowest BCUT2D eigenvalue weighted by atomic mass is 9.62. The fourth-order valence-corrected chi connectivity index (χ4v) is 1.74. The summed E-state index contributed by atoms with van der Waals surface area (Å²) in [5.74, 6) is 0.186. The molecule has 1 saturated carbocycles. The van der Waals surface area contributed by atoms with Crippen molar-refractivity contribution in [3.63, 3.8) is 0 Å². The first-order valence-electron chi connectivity index (χ1n) is 3.63. The SMILES string of the molecule is CC1CC(C(O)F)(C(O)F)C1. The van der Waals surface area contributed by atoms with Crippen molar-refractivity contribution in [2.75, 3.05) is 0 Å². The van der Waals surface area contributed by atoms with Crippen molar-refractivity contribution in [2.24, 2.45) is 11.3 Å². The van der Waals surface area contributed by atoms with Crippen molar-refractivity contribution in [3.8, 4) is 0 Å². The summed E-state index contributed by atoms with van der Waals surface area (Å²) in [5.41, 5.74) is -1.53. The molecule has 2 unspecified atom stereocenters. The van der Waals surface area contributed by atoms with E-state index in [4.69, 9.17) is 10.2 Å². The lowest BCUT2D eigenvalue weighted by Crippen LogP contribution is -2.50. The van der Waals surface area contributed by atoms with E-state index in [1.807, 2.05) is 6.92 Å². The molecular formula is C7H12F2O2. The van der Waals surface area contributed by atoms with Gasteiger partial charge in [-0.1, -0.05) is 6.92 Å². The van der Waals surface area contributed by atoms with E-state index >= 15 is 0 Å². The molecule has 0 aromatic heterocycles. The third-order valence-corrected chi connectivity index (χ3v) is 2.41. The summed E-state index contributed by atoms with van der Waals surface area (Å²) in [7, 11) is 0. The summed E-state index contributed by atoms with van der Waals surface area (Å²) >= 11 is 0. The highest BCUT2D eigenvalue weighted by Crippen LogP contribution is 2.51. The molecule has 0 aromatic rings. The van der Waals surface area contributed by atoms with Gasteiger partial charge in [0.1, 0.15) is 0 Å². The van der Waals surface area contributed by atoms with Gasteiger partial charge in [-0.05, 0) is 18.8 Å². The van der Waals surface area contributed by atoms with Crippen LogP contribution >= 0.6 is 0 Å². The first-order valence-corrected chi connectivity index (χ1v) is 3.63. The third-order valence-electron chi connectivity index (χ3n) is 2.41. The molecule has 11 heavy (non-hydrogen) atoms. The molecule has 1 aliphatic carbocycles. The molecule has 0 aromatic carbocycles. The van der Waals surface area contributed by atoms with E-state index in [2.05, 4.69) is 0 Å². The number of rotatable bonds is 2. The molecule has 0 aliphatic heterocycles. The van der Waals surface area contributed by atoms with E-state index in [1.54, 1.807) is 0 Å². The highest BCUT2D eigenvalue weighted by atomic mass is 19.2. The number of aliphatic hydroxyl groups is 2. The highest BCUT2D eigenvalue weighted by molar-refractivity contribution is 4.95. The van der Waals surface area contributed by atoms with Gasteiger partial charge in [0.2, 0.25) is 12.7 Å². The van der Waals surface area contributed by atoms with Crippen molar-refractivity contribution in [1.82, 2.24) is 0 Å². The maximum Gasteiger partial charge on any atom is 0.207 e. The van der Waals surface area contributed by atoms with Crippen LogP contribution in [0.2, 0.25) is 0 Å². The molecule has 0 bridgehead atoms. The quantitative estimate of drug-likeness (QED) is 0.642. The third kappa shape index (κ3) is 1.25. The summed E-state index contributed by atoms with van der Waals surface area (Å²) in [4.78, 5) is 0. The molecule has 1 fully saturated rings. The molecule has 2 N–H and O–H groups in total. The Morgan fingerprint density at radius 1 is 1.27 bits per heavy atom. The maximum absolute atomic E-state index is 12.4. The Bertz CT molecular complexity index is 131. The maximum atomic E-state index is 12.4. The standard InChI is InChI=1S/C7H12F2O2/c1-4-2-7(3-4,5(8)10)6(9)11/h4-6,10-11H,2-3H2,1H3. The van der Waals surface area contributed by atoms with E-state index in [0.717, 1.165) is 0 Å². The Labute approximate surface area is 63.8 Å². The number of alkyl halides is 2. The van der Waals surface area contributed by atoms with Crippen molar-refractivity contribution in [2.45, 2.75) is 32.5 Å². The van der Waals surface area contributed by atoms with E-state index in [1.165, 1.54) is 0 Å². The van der Waals surface area contributed by atoms with Crippen LogP contribution in [0, 0.1) is 11.3 Å². The minimum atomic E-state index is -2.25. The van der Waals surface area contributed by atoms with Gasteiger partial charge in [-0.3, -0.25) is 0 Å². The molecule has 4 heteroatoms. The number of hydrogen-bond donors (Lipinski definition) is 2. The second-order valence-corrected chi connectivity index (χ2v) is 3.42. The minimum absolute atomic E-state index is 0.186. The molecule has 66 valence electrons. The van der Waals surface area contributed by atoms with Crippen LogP contribution in [0.15, 0.2) is 0 Å². The minimum Gasteiger partial charge on any atom is -0.363 e. The van der Waals surface area contributed by atoms with Gasteiger partial charge in [-0.15, -0.1) is 0 Å². The average molecular weight is 166 g/mol. The molecule has 0 amide bonds. The molecule has 0 spiro atoms. The summed E-state index contributed by atoms with van der Waals surface area (Å²) in [5, 5.41) is 17.1. The second kappa shape index (κ2) is 2.68. The van der Waals surface area contributed by atoms with Crippen LogP contribution < -0.4 is 0 Å². The Kier molecular flexibility index (Phi) is 2.16. The summed E-state index contributed by atoms with van der Waals surface area (Å²) in [6, 6.07) is 0. The summed E-state index contributed by atoms with van der Waals surface area (Å²) in [6.45, 7) is 1.82. The molecule has 0 radical (unpaired) electrons. The normalized spacial score (nSPS) is 42.8. The van der Waals surface area contributed by atoms with Gasteiger partial charge < -0.3 is 10.2 Å². The average Bonchev–Trinajstić information content (AvgIpc) is 1.78. The van der Waals surface area contributed by atoms with Crippen LogP contribution in [0.1, 0.15) is 19.8 Å². The van der Waals surface area contributed by atoms with Gasteiger partial charge >= 0.3 is 0 Å². The monoisotopic (exact) mass is 166 g/mol. The predicted octanol–water partition coefficient (Wildman–Crippen LogP) is 0.978. The molecular weight excluding hydrogens is 154 g/mol. The number of aliphatic hydroxyl groups excluding tert-OH is 2. The van der Waals surface area contributed by atoms with Gasteiger partial charge in [0, 0.05) is 0 Å². The van der Waals surface area contributed by atoms with Gasteiger partial charge in [0.25, 0.3) is 0 Å². The first-order chi connectivity index (χ1) is 4.99. The molecule has 1 aliphatic rings. The predicted molar refractivity (Wildman–Crippen MR) is 35.1 cm³/mol. The van der Waals surface area contributed by atoms with Crippen LogP contribution in [0.4, 0.5) is 8.78 Å². The Balaban J connectivity index is 2.61. The number of hydrogen-bond acceptors (Lipinski definition) is 2. The summed E-state index contributed by atoms with van der Waals surface area (Å²) < 4.78 is 24.8.